The van der Waals surface area contributed by atoms with Crippen LogP contribution in [0.4, 0.5) is 10.1 Å². The Hall–Kier alpha value is -2.38. The van der Waals surface area contributed by atoms with Gasteiger partial charge in [0.1, 0.15) is 11.5 Å². The second kappa shape index (κ2) is 9.01. The largest absolute Gasteiger partial charge is 0.378 e. The molecular formula is C24H32FN3O3. The van der Waals surface area contributed by atoms with Gasteiger partial charge in [0.05, 0.1) is 31.1 Å². The van der Waals surface area contributed by atoms with Crippen LogP contribution in [-0.2, 0) is 16.0 Å². The van der Waals surface area contributed by atoms with E-state index in [1.165, 1.54) is 12.1 Å². The minimum absolute atomic E-state index is 0.00771. The summed E-state index contributed by atoms with van der Waals surface area (Å²) < 4.78 is 26.9. The van der Waals surface area contributed by atoms with Crippen LogP contribution < -0.4 is 4.90 Å². The van der Waals surface area contributed by atoms with Crippen molar-refractivity contribution in [3.8, 4) is 0 Å². The molecule has 168 valence electrons. The van der Waals surface area contributed by atoms with Crippen molar-refractivity contribution < 1.29 is 18.7 Å². The SMILES string of the molecule is Cc1c(N2CCOCC2)c(C)n(Cc2ccc(F)cc2)c1C(=O)N1CC(C)OC(C)C1. The number of carbonyl (C=O) groups excluding carboxylic acids is 1. The number of ether oxygens (including phenoxy) is 2. The number of hydrogen-bond donors (Lipinski definition) is 0. The predicted octanol–water partition coefficient (Wildman–Crippen LogP) is 3.38. The summed E-state index contributed by atoms with van der Waals surface area (Å²) in [7, 11) is 0. The summed E-state index contributed by atoms with van der Waals surface area (Å²) in [6.45, 7) is 12.8. The van der Waals surface area contributed by atoms with E-state index in [2.05, 4.69) is 16.4 Å². The maximum Gasteiger partial charge on any atom is 0.271 e. The Balaban J connectivity index is 1.75. The number of rotatable bonds is 4. The Morgan fingerprint density at radius 2 is 1.68 bits per heavy atom. The first-order valence-electron chi connectivity index (χ1n) is 11.1. The van der Waals surface area contributed by atoms with Gasteiger partial charge in [-0.3, -0.25) is 4.79 Å². The van der Waals surface area contributed by atoms with Crippen molar-refractivity contribution in [1.29, 1.82) is 0 Å². The van der Waals surface area contributed by atoms with Crippen LogP contribution in [-0.4, -0.2) is 67.0 Å². The molecule has 6 nitrogen and oxygen atoms in total. The topological polar surface area (TPSA) is 46.9 Å². The Labute approximate surface area is 183 Å². The lowest BCUT2D eigenvalue weighted by molar-refractivity contribution is -0.0588. The zero-order chi connectivity index (χ0) is 22.1. The molecule has 4 rings (SSSR count). The molecule has 7 heteroatoms. The summed E-state index contributed by atoms with van der Waals surface area (Å²) in [5, 5.41) is 0. The molecule has 3 heterocycles. The van der Waals surface area contributed by atoms with Gasteiger partial charge in [0.25, 0.3) is 5.91 Å². The van der Waals surface area contributed by atoms with Crippen LogP contribution in [0.1, 0.15) is 41.2 Å². The molecule has 2 aliphatic rings. The van der Waals surface area contributed by atoms with E-state index in [0.717, 1.165) is 35.6 Å². The molecule has 2 aromatic rings. The van der Waals surface area contributed by atoms with E-state index in [1.807, 2.05) is 25.7 Å². The quantitative estimate of drug-likeness (QED) is 0.748. The van der Waals surface area contributed by atoms with Crippen molar-refractivity contribution in [3.05, 3.63) is 52.6 Å². The number of carbonyl (C=O) groups is 1. The van der Waals surface area contributed by atoms with Gasteiger partial charge >= 0.3 is 0 Å². The van der Waals surface area contributed by atoms with Crippen molar-refractivity contribution in [2.45, 2.75) is 46.4 Å². The minimum Gasteiger partial charge on any atom is -0.378 e. The first kappa shape index (κ1) is 21.8. The first-order valence-corrected chi connectivity index (χ1v) is 11.1. The predicted molar refractivity (Wildman–Crippen MR) is 118 cm³/mol. The van der Waals surface area contributed by atoms with Gasteiger partial charge in [-0.15, -0.1) is 0 Å². The van der Waals surface area contributed by atoms with Crippen LogP contribution in [0.15, 0.2) is 24.3 Å². The maximum absolute atomic E-state index is 13.8. The molecule has 2 atom stereocenters. The fourth-order valence-corrected chi connectivity index (χ4v) is 4.87. The molecule has 2 aliphatic heterocycles. The Morgan fingerprint density at radius 1 is 1.06 bits per heavy atom. The molecule has 1 aromatic heterocycles. The molecule has 0 spiro atoms. The van der Waals surface area contributed by atoms with Crippen molar-refractivity contribution >= 4 is 11.6 Å². The highest BCUT2D eigenvalue weighted by atomic mass is 19.1. The van der Waals surface area contributed by atoms with Gasteiger partial charge in [0.2, 0.25) is 0 Å². The maximum atomic E-state index is 13.8. The van der Waals surface area contributed by atoms with E-state index >= 15 is 0 Å². The molecule has 1 aromatic carbocycles. The van der Waals surface area contributed by atoms with Crippen LogP contribution in [0.2, 0.25) is 0 Å². The first-order chi connectivity index (χ1) is 14.8. The number of nitrogens with zero attached hydrogens (tertiary/aromatic N) is 3. The van der Waals surface area contributed by atoms with Gasteiger partial charge in [-0.25, -0.2) is 4.39 Å². The summed E-state index contributed by atoms with van der Waals surface area (Å²) >= 11 is 0. The van der Waals surface area contributed by atoms with Gasteiger partial charge in [-0.2, -0.15) is 0 Å². The lowest BCUT2D eigenvalue weighted by Gasteiger charge is -2.35. The van der Waals surface area contributed by atoms with Crippen LogP contribution in [0, 0.1) is 19.7 Å². The van der Waals surface area contributed by atoms with Crippen molar-refractivity contribution in [3.63, 3.8) is 0 Å². The zero-order valence-corrected chi connectivity index (χ0v) is 18.9. The van der Waals surface area contributed by atoms with E-state index in [4.69, 9.17) is 9.47 Å². The summed E-state index contributed by atoms with van der Waals surface area (Å²) in [5.41, 5.74) is 4.85. The molecule has 2 fully saturated rings. The lowest BCUT2D eigenvalue weighted by Crippen LogP contribution is -2.48. The van der Waals surface area contributed by atoms with Crippen LogP contribution in [0.25, 0.3) is 0 Å². The van der Waals surface area contributed by atoms with Gasteiger partial charge in [-0.05, 0) is 45.4 Å². The summed E-state index contributed by atoms with van der Waals surface area (Å²) in [4.78, 5) is 18.0. The standard InChI is InChI=1S/C24H32FN3O3/c1-16-13-27(14-17(2)31-16)24(29)23-18(3)22(26-9-11-30-12-10-26)19(4)28(23)15-20-5-7-21(25)8-6-20/h5-8,16-17H,9-15H2,1-4H3. The zero-order valence-electron chi connectivity index (χ0n) is 18.9. The molecule has 2 saturated heterocycles. The number of anilines is 1. The molecule has 0 aliphatic carbocycles. The van der Waals surface area contributed by atoms with Crippen molar-refractivity contribution in [2.75, 3.05) is 44.3 Å². The van der Waals surface area contributed by atoms with E-state index in [0.29, 0.717) is 38.5 Å². The third kappa shape index (κ3) is 4.48. The van der Waals surface area contributed by atoms with Gasteiger partial charge in [0, 0.05) is 44.0 Å². The van der Waals surface area contributed by atoms with Crippen LogP contribution in [0.3, 0.4) is 0 Å². The Morgan fingerprint density at radius 3 is 2.29 bits per heavy atom. The number of aromatic nitrogens is 1. The van der Waals surface area contributed by atoms with E-state index in [-0.39, 0.29) is 23.9 Å². The molecule has 0 saturated carbocycles. The van der Waals surface area contributed by atoms with Crippen LogP contribution in [0.5, 0.6) is 0 Å². The molecular weight excluding hydrogens is 397 g/mol. The number of amides is 1. The smallest absolute Gasteiger partial charge is 0.271 e. The average Bonchev–Trinajstić information content (AvgIpc) is 2.98. The second-order valence-corrected chi connectivity index (χ2v) is 8.69. The fourth-order valence-electron chi connectivity index (χ4n) is 4.87. The van der Waals surface area contributed by atoms with Gasteiger partial charge in [-0.1, -0.05) is 12.1 Å². The lowest BCUT2D eigenvalue weighted by atomic mass is 10.1. The number of morpholine rings is 2. The average molecular weight is 430 g/mol. The molecule has 1 amide bonds. The van der Waals surface area contributed by atoms with Gasteiger partial charge in [0.15, 0.2) is 0 Å². The monoisotopic (exact) mass is 429 g/mol. The molecule has 0 radical (unpaired) electrons. The summed E-state index contributed by atoms with van der Waals surface area (Å²) in [6.07, 6.45) is 0.0154. The third-order valence-electron chi connectivity index (χ3n) is 6.22. The van der Waals surface area contributed by atoms with Crippen LogP contribution >= 0.6 is 0 Å². The van der Waals surface area contributed by atoms with Gasteiger partial charge < -0.3 is 23.8 Å². The second-order valence-electron chi connectivity index (χ2n) is 8.69. The minimum atomic E-state index is -0.259. The molecule has 0 bridgehead atoms. The van der Waals surface area contributed by atoms with Crippen molar-refractivity contribution in [1.82, 2.24) is 9.47 Å². The highest BCUT2D eigenvalue weighted by Gasteiger charge is 2.32. The summed E-state index contributed by atoms with van der Waals surface area (Å²) in [5.74, 6) is -0.227. The number of benzene rings is 1. The fraction of sp³-hybridized carbons (Fsp3) is 0.542. The highest BCUT2D eigenvalue weighted by molar-refractivity contribution is 5.97. The Bertz CT molecular complexity index is 925. The van der Waals surface area contributed by atoms with E-state index in [1.54, 1.807) is 12.1 Å². The van der Waals surface area contributed by atoms with E-state index in [9.17, 15) is 9.18 Å². The Kier molecular flexibility index (Phi) is 6.34. The highest BCUT2D eigenvalue weighted by Crippen LogP contribution is 2.33. The normalized spacial score (nSPS) is 22.1. The third-order valence-corrected chi connectivity index (χ3v) is 6.22. The summed E-state index contributed by atoms with van der Waals surface area (Å²) in [6, 6.07) is 6.50. The number of hydrogen-bond acceptors (Lipinski definition) is 4. The molecule has 0 N–H and O–H groups in total. The van der Waals surface area contributed by atoms with Crippen molar-refractivity contribution in [2.24, 2.45) is 0 Å². The van der Waals surface area contributed by atoms with E-state index < -0.39 is 0 Å². The number of halogens is 1. The molecule has 31 heavy (non-hydrogen) atoms. The molecule has 2 unspecified atom stereocenters.